The van der Waals surface area contributed by atoms with Crippen LogP contribution in [0.4, 0.5) is 4.39 Å². The number of benzene rings is 2. The number of rotatable bonds is 4. The SMILES string of the molecule is O=C(CSc1ccccc1Cl)NN1C(=O)c2cccc(F)c2C1=O. The zero-order chi connectivity index (χ0) is 17.3. The first-order chi connectivity index (χ1) is 11.5. The molecule has 1 aliphatic rings. The highest BCUT2D eigenvalue weighted by Crippen LogP contribution is 2.27. The van der Waals surface area contributed by atoms with Crippen LogP contribution in [0.2, 0.25) is 5.02 Å². The number of nitrogens with zero attached hydrogens (tertiary/aromatic N) is 1. The summed E-state index contributed by atoms with van der Waals surface area (Å²) in [5.41, 5.74) is 1.80. The lowest BCUT2D eigenvalue weighted by Crippen LogP contribution is -2.46. The Bertz CT molecular complexity index is 859. The molecule has 0 saturated carbocycles. The van der Waals surface area contributed by atoms with Crippen LogP contribution < -0.4 is 5.43 Å². The van der Waals surface area contributed by atoms with Gasteiger partial charge in [0.2, 0.25) is 5.91 Å². The van der Waals surface area contributed by atoms with Crippen molar-refractivity contribution >= 4 is 41.1 Å². The van der Waals surface area contributed by atoms with Gasteiger partial charge in [-0.15, -0.1) is 11.8 Å². The molecule has 0 aliphatic carbocycles. The molecule has 2 aromatic carbocycles. The number of carbonyl (C=O) groups excluding carboxylic acids is 3. The topological polar surface area (TPSA) is 66.5 Å². The normalized spacial score (nSPS) is 13.2. The summed E-state index contributed by atoms with van der Waals surface area (Å²) < 4.78 is 13.7. The van der Waals surface area contributed by atoms with Crippen LogP contribution in [0.15, 0.2) is 47.4 Å². The van der Waals surface area contributed by atoms with E-state index in [4.69, 9.17) is 11.6 Å². The molecule has 1 aliphatic heterocycles. The van der Waals surface area contributed by atoms with Crippen molar-refractivity contribution < 1.29 is 18.8 Å². The van der Waals surface area contributed by atoms with E-state index >= 15 is 0 Å². The zero-order valence-electron chi connectivity index (χ0n) is 12.1. The molecule has 1 N–H and O–H groups in total. The number of nitrogens with one attached hydrogen (secondary N) is 1. The van der Waals surface area contributed by atoms with E-state index < -0.39 is 23.5 Å². The van der Waals surface area contributed by atoms with E-state index in [1.807, 2.05) is 0 Å². The van der Waals surface area contributed by atoms with E-state index in [2.05, 4.69) is 5.43 Å². The highest BCUT2D eigenvalue weighted by atomic mass is 35.5. The van der Waals surface area contributed by atoms with Crippen LogP contribution >= 0.6 is 23.4 Å². The molecule has 0 saturated heterocycles. The maximum Gasteiger partial charge on any atom is 0.283 e. The first kappa shape index (κ1) is 16.5. The smallest absolute Gasteiger partial charge is 0.272 e. The molecular weight excluding hydrogens is 355 g/mol. The molecule has 5 nitrogen and oxygen atoms in total. The fraction of sp³-hybridized carbons (Fsp3) is 0.0625. The van der Waals surface area contributed by atoms with Gasteiger partial charge in [0.05, 0.1) is 21.9 Å². The van der Waals surface area contributed by atoms with Gasteiger partial charge in [-0.25, -0.2) is 4.39 Å². The van der Waals surface area contributed by atoms with Gasteiger partial charge >= 0.3 is 0 Å². The number of hydrogen-bond acceptors (Lipinski definition) is 4. The highest BCUT2D eigenvalue weighted by molar-refractivity contribution is 8.00. The monoisotopic (exact) mass is 364 g/mol. The number of hydrogen-bond donors (Lipinski definition) is 1. The molecule has 122 valence electrons. The average Bonchev–Trinajstić information content (AvgIpc) is 2.80. The molecule has 0 unspecified atom stereocenters. The van der Waals surface area contributed by atoms with Crippen LogP contribution in [-0.4, -0.2) is 28.5 Å². The molecule has 24 heavy (non-hydrogen) atoms. The third-order valence-corrected chi connectivity index (χ3v) is 4.81. The molecule has 0 bridgehead atoms. The van der Waals surface area contributed by atoms with E-state index in [9.17, 15) is 18.8 Å². The van der Waals surface area contributed by atoms with Crippen LogP contribution in [0.5, 0.6) is 0 Å². The third kappa shape index (κ3) is 3.00. The lowest BCUT2D eigenvalue weighted by Gasteiger charge is -2.14. The number of hydrazine groups is 1. The summed E-state index contributed by atoms with van der Waals surface area (Å²) in [6.45, 7) is 0. The molecule has 0 atom stereocenters. The van der Waals surface area contributed by atoms with Gasteiger partial charge in [-0.3, -0.25) is 19.8 Å². The quantitative estimate of drug-likeness (QED) is 0.669. The molecule has 0 fully saturated rings. The predicted molar refractivity (Wildman–Crippen MR) is 87.2 cm³/mol. The van der Waals surface area contributed by atoms with E-state index in [0.29, 0.717) is 14.9 Å². The van der Waals surface area contributed by atoms with Gasteiger partial charge in [0, 0.05) is 4.90 Å². The van der Waals surface area contributed by atoms with E-state index in [1.54, 1.807) is 24.3 Å². The highest BCUT2D eigenvalue weighted by Gasteiger charge is 2.39. The standard InChI is InChI=1S/C16H10ClFN2O3S/c17-10-5-1-2-7-12(10)24-8-13(21)19-20-15(22)9-4-3-6-11(18)14(9)16(20)23/h1-7H,8H2,(H,19,21). The second-order valence-electron chi connectivity index (χ2n) is 4.86. The van der Waals surface area contributed by atoms with Gasteiger partial charge in [0.15, 0.2) is 0 Å². The Hall–Kier alpha value is -2.38. The summed E-state index contributed by atoms with van der Waals surface area (Å²) in [5.74, 6) is -3.07. The van der Waals surface area contributed by atoms with E-state index in [-0.39, 0.29) is 16.9 Å². The van der Waals surface area contributed by atoms with Crippen LogP contribution in [0.3, 0.4) is 0 Å². The number of amides is 3. The first-order valence-electron chi connectivity index (χ1n) is 6.83. The van der Waals surface area contributed by atoms with Gasteiger partial charge in [-0.1, -0.05) is 29.8 Å². The summed E-state index contributed by atoms with van der Waals surface area (Å²) in [7, 11) is 0. The van der Waals surface area contributed by atoms with Gasteiger partial charge in [-0.05, 0) is 24.3 Å². The maximum atomic E-state index is 13.7. The van der Waals surface area contributed by atoms with Crippen LogP contribution in [-0.2, 0) is 4.79 Å². The lowest BCUT2D eigenvalue weighted by molar-refractivity contribution is -0.121. The number of carbonyl (C=O) groups is 3. The Morgan fingerprint density at radius 3 is 2.58 bits per heavy atom. The Labute approximate surface area is 145 Å². The lowest BCUT2D eigenvalue weighted by atomic mass is 10.1. The van der Waals surface area contributed by atoms with Crippen molar-refractivity contribution in [2.75, 3.05) is 5.75 Å². The average molecular weight is 365 g/mol. The van der Waals surface area contributed by atoms with Crippen LogP contribution in [0.25, 0.3) is 0 Å². The Morgan fingerprint density at radius 1 is 1.12 bits per heavy atom. The van der Waals surface area contributed by atoms with E-state index in [0.717, 1.165) is 17.8 Å². The molecule has 0 aromatic heterocycles. The Morgan fingerprint density at radius 2 is 1.88 bits per heavy atom. The summed E-state index contributed by atoms with van der Waals surface area (Å²) in [4.78, 5) is 36.9. The molecule has 8 heteroatoms. The largest absolute Gasteiger partial charge is 0.283 e. The molecule has 0 spiro atoms. The summed E-state index contributed by atoms with van der Waals surface area (Å²) in [6.07, 6.45) is 0. The summed E-state index contributed by atoms with van der Waals surface area (Å²) >= 11 is 7.15. The maximum absolute atomic E-state index is 13.7. The van der Waals surface area contributed by atoms with Crippen molar-refractivity contribution in [3.05, 3.63) is 64.4 Å². The Balaban J connectivity index is 1.68. The second kappa shape index (κ2) is 6.62. The Kier molecular flexibility index (Phi) is 4.55. The minimum Gasteiger partial charge on any atom is -0.272 e. The molecular formula is C16H10ClFN2O3S. The van der Waals surface area contributed by atoms with Gasteiger partial charge < -0.3 is 0 Å². The number of thioether (sulfide) groups is 1. The van der Waals surface area contributed by atoms with Gasteiger partial charge in [0.1, 0.15) is 5.82 Å². The minimum absolute atomic E-state index is 0.0559. The molecule has 1 heterocycles. The van der Waals surface area contributed by atoms with Crippen molar-refractivity contribution in [2.24, 2.45) is 0 Å². The minimum atomic E-state index is -0.885. The van der Waals surface area contributed by atoms with E-state index in [1.165, 1.54) is 12.1 Å². The van der Waals surface area contributed by atoms with Crippen LogP contribution in [0, 0.1) is 5.82 Å². The number of imide groups is 1. The molecule has 0 radical (unpaired) electrons. The van der Waals surface area contributed by atoms with Crippen molar-refractivity contribution in [2.45, 2.75) is 4.90 Å². The van der Waals surface area contributed by atoms with Crippen molar-refractivity contribution in [3.8, 4) is 0 Å². The number of fused-ring (bicyclic) bond motifs is 1. The van der Waals surface area contributed by atoms with Crippen molar-refractivity contribution in [1.29, 1.82) is 0 Å². The molecule has 3 amide bonds. The van der Waals surface area contributed by atoms with Crippen molar-refractivity contribution in [3.63, 3.8) is 0 Å². The summed E-state index contributed by atoms with van der Waals surface area (Å²) in [6, 6.07) is 10.7. The summed E-state index contributed by atoms with van der Waals surface area (Å²) in [5, 5.41) is 1.03. The van der Waals surface area contributed by atoms with Gasteiger partial charge in [0.25, 0.3) is 11.8 Å². The zero-order valence-corrected chi connectivity index (χ0v) is 13.7. The fourth-order valence-corrected chi connectivity index (χ4v) is 3.24. The second-order valence-corrected chi connectivity index (χ2v) is 6.29. The van der Waals surface area contributed by atoms with Crippen molar-refractivity contribution in [1.82, 2.24) is 10.4 Å². The third-order valence-electron chi connectivity index (χ3n) is 3.30. The number of halogens is 2. The van der Waals surface area contributed by atoms with Crippen LogP contribution in [0.1, 0.15) is 20.7 Å². The molecule has 3 rings (SSSR count). The predicted octanol–water partition coefficient (Wildman–Crippen LogP) is 2.90. The molecule has 2 aromatic rings. The van der Waals surface area contributed by atoms with Gasteiger partial charge in [-0.2, -0.15) is 5.01 Å². The fourth-order valence-electron chi connectivity index (χ4n) is 2.21. The first-order valence-corrected chi connectivity index (χ1v) is 8.19.